The molecule has 5 rings (SSSR count). The molecule has 0 aromatic heterocycles. The fourth-order valence-corrected chi connectivity index (χ4v) is 5.77. The predicted octanol–water partition coefficient (Wildman–Crippen LogP) is 7.06. The lowest BCUT2D eigenvalue weighted by molar-refractivity contribution is 0.0947. The summed E-state index contributed by atoms with van der Waals surface area (Å²) in [7, 11) is 0. The van der Waals surface area contributed by atoms with Crippen molar-refractivity contribution in [1.82, 2.24) is 10.6 Å². The molecule has 210 valence electrons. The second-order valence-corrected chi connectivity index (χ2v) is 10.9. The summed E-state index contributed by atoms with van der Waals surface area (Å²) in [5, 5.41) is 9.73. The Morgan fingerprint density at radius 3 is 2.75 bits per heavy atom. The number of carbonyl (C=O) groups excluding carboxylic acids is 1. The van der Waals surface area contributed by atoms with Gasteiger partial charge < -0.3 is 16.0 Å². The van der Waals surface area contributed by atoms with E-state index in [0.717, 1.165) is 61.4 Å². The number of fused-ring (bicyclic) bond motifs is 1. The van der Waals surface area contributed by atoms with E-state index in [1.165, 1.54) is 12.1 Å². The van der Waals surface area contributed by atoms with E-state index in [4.69, 9.17) is 16.6 Å². The molecular weight excluding hydrogens is 530 g/mol. The second-order valence-electron chi connectivity index (χ2n) is 10.5. The molecule has 1 saturated heterocycles. The molecule has 0 radical (unpaired) electrons. The number of rotatable bonds is 7. The standard InChI is InChI=1S/C32H35ClF2N4O/c1-2-21-16-22(10-11-23(21)32(40)38-18-20-14-15-36-17-20)39-28-9-7-5-3-4-6-8-25-26(19-37-31(25)28)24-12-13-27(33)30(35)29(24)34/h3-4,9-13,16,19-20,25,36,39H,2,5-8,14-15,17-18H2,1H3,(H,38,40)/b4-3-,28-9+. The zero-order chi connectivity index (χ0) is 28.1. The minimum absolute atomic E-state index is 0.0497. The van der Waals surface area contributed by atoms with Crippen LogP contribution in [-0.2, 0) is 6.42 Å². The zero-order valence-electron chi connectivity index (χ0n) is 22.7. The number of hydrogen-bond donors (Lipinski definition) is 3. The van der Waals surface area contributed by atoms with Crippen LogP contribution in [0.5, 0.6) is 0 Å². The van der Waals surface area contributed by atoms with Gasteiger partial charge in [-0.1, -0.05) is 36.8 Å². The number of amides is 1. The summed E-state index contributed by atoms with van der Waals surface area (Å²) in [6.45, 7) is 4.65. The van der Waals surface area contributed by atoms with Crippen LogP contribution in [0.2, 0.25) is 5.02 Å². The molecule has 40 heavy (non-hydrogen) atoms. The third-order valence-corrected chi connectivity index (χ3v) is 8.16. The normalized spacial score (nSPS) is 22.9. The summed E-state index contributed by atoms with van der Waals surface area (Å²) in [6, 6.07) is 8.71. The molecule has 2 atom stereocenters. The quantitative estimate of drug-likeness (QED) is 0.249. The van der Waals surface area contributed by atoms with Crippen molar-refractivity contribution in [2.24, 2.45) is 16.8 Å². The predicted molar refractivity (Wildman–Crippen MR) is 159 cm³/mol. The van der Waals surface area contributed by atoms with E-state index in [2.05, 4.69) is 34.2 Å². The first kappa shape index (κ1) is 28.2. The molecule has 1 aliphatic carbocycles. The summed E-state index contributed by atoms with van der Waals surface area (Å²) >= 11 is 5.81. The highest BCUT2D eigenvalue weighted by Gasteiger charge is 2.31. The molecule has 2 aromatic carbocycles. The smallest absolute Gasteiger partial charge is 0.251 e. The number of allylic oxidation sites excluding steroid dienone is 5. The first-order chi connectivity index (χ1) is 19.5. The van der Waals surface area contributed by atoms with Crippen LogP contribution < -0.4 is 16.0 Å². The molecule has 2 heterocycles. The average molecular weight is 565 g/mol. The number of aliphatic imine (C=N–C) groups is 1. The molecule has 1 amide bonds. The minimum Gasteiger partial charge on any atom is -0.354 e. The Kier molecular flexibility index (Phi) is 9.12. The molecule has 0 saturated carbocycles. The number of hydrogen-bond acceptors (Lipinski definition) is 4. The van der Waals surface area contributed by atoms with Gasteiger partial charge in [0.15, 0.2) is 11.6 Å². The Morgan fingerprint density at radius 2 is 1.95 bits per heavy atom. The van der Waals surface area contributed by atoms with Gasteiger partial charge in [-0.3, -0.25) is 9.79 Å². The van der Waals surface area contributed by atoms with Gasteiger partial charge in [-0.05, 0) is 99.0 Å². The van der Waals surface area contributed by atoms with Crippen LogP contribution in [0.3, 0.4) is 0 Å². The van der Waals surface area contributed by atoms with Crippen LogP contribution in [0.4, 0.5) is 14.5 Å². The second kappa shape index (κ2) is 12.9. The van der Waals surface area contributed by atoms with Gasteiger partial charge in [0.25, 0.3) is 5.91 Å². The van der Waals surface area contributed by atoms with E-state index in [1.807, 2.05) is 25.1 Å². The van der Waals surface area contributed by atoms with Crippen LogP contribution >= 0.6 is 11.6 Å². The van der Waals surface area contributed by atoms with Gasteiger partial charge in [0.05, 0.1) is 16.4 Å². The summed E-state index contributed by atoms with van der Waals surface area (Å²) < 4.78 is 29.3. The fourth-order valence-electron chi connectivity index (χ4n) is 5.63. The number of anilines is 1. The topological polar surface area (TPSA) is 65.5 Å². The van der Waals surface area contributed by atoms with Gasteiger partial charge in [0.2, 0.25) is 0 Å². The van der Waals surface area contributed by atoms with Gasteiger partial charge in [0.1, 0.15) is 0 Å². The highest BCUT2D eigenvalue weighted by molar-refractivity contribution is 6.30. The highest BCUT2D eigenvalue weighted by atomic mass is 35.5. The van der Waals surface area contributed by atoms with Gasteiger partial charge in [-0.15, -0.1) is 0 Å². The van der Waals surface area contributed by atoms with Gasteiger partial charge >= 0.3 is 0 Å². The Bertz CT molecular complexity index is 1390. The molecule has 1 fully saturated rings. The summed E-state index contributed by atoms with van der Waals surface area (Å²) in [4.78, 5) is 17.7. The lowest BCUT2D eigenvalue weighted by atomic mass is 9.85. The Hall–Kier alpha value is -3.29. The van der Waals surface area contributed by atoms with Gasteiger partial charge in [-0.25, -0.2) is 8.78 Å². The number of halogens is 3. The van der Waals surface area contributed by atoms with Crippen LogP contribution in [0.25, 0.3) is 5.57 Å². The first-order valence-electron chi connectivity index (χ1n) is 14.1. The minimum atomic E-state index is -1.04. The maximum absolute atomic E-state index is 14.9. The van der Waals surface area contributed by atoms with E-state index in [-0.39, 0.29) is 22.4 Å². The Balaban J connectivity index is 1.38. The van der Waals surface area contributed by atoms with Crippen molar-refractivity contribution in [2.75, 3.05) is 25.0 Å². The molecule has 5 nitrogen and oxygen atoms in total. The molecule has 0 bridgehead atoms. The van der Waals surface area contributed by atoms with Crippen LogP contribution in [0.1, 0.15) is 60.5 Å². The largest absolute Gasteiger partial charge is 0.354 e. The van der Waals surface area contributed by atoms with Crippen molar-refractivity contribution in [2.45, 2.75) is 45.4 Å². The molecular formula is C32H35ClF2N4O. The molecule has 8 heteroatoms. The van der Waals surface area contributed by atoms with Crippen molar-refractivity contribution < 1.29 is 13.6 Å². The third kappa shape index (κ3) is 6.21. The van der Waals surface area contributed by atoms with Gasteiger partial charge in [-0.2, -0.15) is 0 Å². The first-order valence-corrected chi connectivity index (χ1v) is 14.5. The SMILES string of the molecule is CCc1cc(N/C2=C/CC/C=C\CCC3C(c4ccc(Cl)c(F)c4F)=CN=C23)ccc1C(=O)NCC1CCNC1. The molecule has 2 aliphatic heterocycles. The zero-order valence-corrected chi connectivity index (χ0v) is 23.5. The number of nitrogens with zero attached hydrogens (tertiary/aromatic N) is 1. The summed E-state index contributed by atoms with van der Waals surface area (Å²) in [6.07, 6.45) is 13.1. The summed E-state index contributed by atoms with van der Waals surface area (Å²) in [5.41, 5.74) is 4.96. The van der Waals surface area contributed by atoms with Gasteiger partial charge in [0, 0.05) is 35.5 Å². The third-order valence-electron chi connectivity index (χ3n) is 7.86. The monoisotopic (exact) mass is 564 g/mol. The van der Waals surface area contributed by atoms with E-state index >= 15 is 0 Å². The number of carbonyl (C=O) groups is 1. The number of nitrogens with one attached hydrogen (secondary N) is 3. The molecule has 3 aliphatic rings. The van der Waals surface area contributed by atoms with Crippen LogP contribution in [0, 0.1) is 23.5 Å². The maximum atomic E-state index is 14.9. The van der Waals surface area contributed by atoms with Crippen LogP contribution in [-0.4, -0.2) is 31.3 Å². The van der Waals surface area contributed by atoms with E-state index < -0.39 is 11.6 Å². The Morgan fingerprint density at radius 1 is 1.10 bits per heavy atom. The number of benzene rings is 2. The van der Waals surface area contributed by atoms with E-state index in [1.54, 1.807) is 6.20 Å². The molecule has 2 unspecified atom stereocenters. The fraction of sp³-hybridized carbons (Fsp3) is 0.375. The van der Waals surface area contributed by atoms with E-state index in [9.17, 15) is 13.6 Å². The van der Waals surface area contributed by atoms with Crippen molar-refractivity contribution in [3.63, 3.8) is 0 Å². The maximum Gasteiger partial charge on any atom is 0.251 e. The molecule has 3 N–H and O–H groups in total. The highest BCUT2D eigenvalue weighted by Crippen LogP contribution is 2.38. The average Bonchev–Trinajstić information content (AvgIpc) is 3.64. The van der Waals surface area contributed by atoms with Crippen molar-refractivity contribution in [3.8, 4) is 0 Å². The molecule has 0 spiro atoms. The number of aryl methyl sites for hydroxylation is 1. The Labute approximate surface area is 239 Å². The lowest BCUT2D eigenvalue weighted by Crippen LogP contribution is -2.30. The lowest BCUT2D eigenvalue weighted by Gasteiger charge is -2.22. The van der Waals surface area contributed by atoms with Crippen LogP contribution in [0.15, 0.2) is 65.4 Å². The molecule has 2 aromatic rings. The van der Waals surface area contributed by atoms with Crippen molar-refractivity contribution >= 4 is 34.5 Å². The van der Waals surface area contributed by atoms with Crippen molar-refractivity contribution in [1.29, 1.82) is 0 Å². The van der Waals surface area contributed by atoms with Crippen molar-refractivity contribution in [3.05, 3.63) is 93.8 Å². The summed E-state index contributed by atoms with van der Waals surface area (Å²) in [5.74, 6) is -1.78. The van der Waals surface area contributed by atoms with E-state index in [0.29, 0.717) is 36.4 Å².